The second-order valence-corrected chi connectivity index (χ2v) is 10.2. The lowest BCUT2D eigenvalue weighted by molar-refractivity contribution is 0.0938. The summed E-state index contributed by atoms with van der Waals surface area (Å²) in [7, 11) is 2.08. The third-order valence-electron chi connectivity index (χ3n) is 6.70. The molecule has 5 rings (SSSR count). The molecule has 34 heavy (non-hydrogen) atoms. The van der Waals surface area contributed by atoms with Gasteiger partial charge in [0, 0.05) is 48.7 Å². The number of fused-ring (bicyclic) bond motifs is 2. The number of unbranched alkanes of at least 4 members (excludes halogenated alkanes) is 1. The monoisotopic (exact) mass is 477 g/mol. The molecule has 1 aromatic carbocycles. The van der Waals surface area contributed by atoms with Gasteiger partial charge in [0.25, 0.3) is 5.91 Å². The number of carbonyl (C=O) groups is 1. The van der Waals surface area contributed by atoms with Crippen LogP contribution < -0.4 is 10.2 Å². The lowest BCUT2D eigenvalue weighted by Gasteiger charge is -2.25. The van der Waals surface area contributed by atoms with Crippen LogP contribution in [0.25, 0.3) is 10.9 Å². The van der Waals surface area contributed by atoms with Crippen molar-refractivity contribution in [1.82, 2.24) is 20.0 Å². The number of rotatable bonds is 8. The molecule has 7 nitrogen and oxygen atoms in total. The zero-order valence-corrected chi connectivity index (χ0v) is 20.8. The maximum atomic E-state index is 13.2. The second kappa shape index (κ2) is 9.62. The van der Waals surface area contributed by atoms with E-state index in [9.17, 15) is 4.79 Å². The van der Waals surface area contributed by atoms with Gasteiger partial charge in [0.2, 0.25) is 0 Å². The summed E-state index contributed by atoms with van der Waals surface area (Å²) in [6.45, 7) is 5.70. The highest BCUT2D eigenvalue weighted by Gasteiger charge is 2.25. The predicted octanol–water partition coefficient (Wildman–Crippen LogP) is 5.03. The van der Waals surface area contributed by atoms with Crippen molar-refractivity contribution in [2.24, 2.45) is 7.05 Å². The average molecular weight is 478 g/mol. The van der Waals surface area contributed by atoms with Crippen LogP contribution in [-0.2, 0) is 26.4 Å². The molecule has 0 saturated carbocycles. The molecule has 0 aliphatic carbocycles. The number of hydrogen-bond acceptors (Lipinski definition) is 6. The molecule has 1 amide bonds. The summed E-state index contributed by atoms with van der Waals surface area (Å²) in [5.74, 6) is 0.930. The SMILES string of the molecule is CCCCC(Cc1cn(C)c2ccccc12)NC(=O)c1cnc(N2CCc3onc(C)c3C2)s1. The number of benzene rings is 1. The minimum absolute atomic E-state index is 0.0380. The van der Waals surface area contributed by atoms with Crippen molar-refractivity contribution in [2.45, 2.75) is 58.5 Å². The number of nitrogens with one attached hydrogen (secondary N) is 1. The van der Waals surface area contributed by atoms with Gasteiger partial charge in [0.15, 0.2) is 5.13 Å². The summed E-state index contributed by atoms with van der Waals surface area (Å²) in [4.78, 5) is 20.6. The molecule has 3 aromatic heterocycles. The number of aryl methyl sites for hydroxylation is 2. The fourth-order valence-electron chi connectivity index (χ4n) is 4.81. The number of thiazole rings is 1. The van der Waals surface area contributed by atoms with Crippen LogP contribution in [0.2, 0.25) is 0 Å². The summed E-state index contributed by atoms with van der Waals surface area (Å²) in [6.07, 6.45) is 8.67. The van der Waals surface area contributed by atoms with Gasteiger partial charge in [0.1, 0.15) is 10.6 Å². The van der Waals surface area contributed by atoms with E-state index in [1.165, 1.54) is 27.8 Å². The van der Waals surface area contributed by atoms with E-state index >= 15 is 0 Å². The van der Waals surface area contributed by atoms with Crippen molar-refractivity contribution in [3.8, 4) is 0 Å². The van der Waals surface area contributed by atoms with E-state index in [-0.39, 0.29) is 11.9 Å². The van der Waals surface area contributed by atoms with E-state index in [2.05, 4.69) is 69.4 Å². The van der Waals surface area contributed by atoms with E-state index in [4.69, 9.17) is 4.52 Å². The fraction of sp³-hybridized carbons (Fsp3) is 0.423. The first-order valence-electron chi connectivity index (χ1n) is 12.0. The van der Waals surface area contributed by atoms with Gasteiger partial charge in [-0.05, 0) is 31.4 Å². The molecular weight excluding hydrogens is 446 g/mol. The zero-order valence-electron chi connectivity index (χ0n) is 20.0. The van der Waals surface area contributed by atoms with Gasteiger partial charge in [0.05, 0.1) is 18.4 Å². The molecule has 1 N–H and O–H groups in total. The Morgan fingerprint density at radius 3 is 3.03 bits per heavy atom. The predicted molar refractivity (Wildman–Crippen MR) is 136 cm³/mol. The highest BCUT2D eigenvalue weighted by Crippen LogP contribution is 2.30. The van der Waals surface area contributed by atoms with Crippen molar-refractivity contribution in [3.63, 3.8) is 0 Å². The van der Waals surface area contributed by atoms with Crippen LogP contribution in [0, 0.1) is 6.92 Å². The molecule has 4 heterocycles. The molecule has 8 heteroatoms. The minimum Gasteiger partial charge on any atom is -0.361 e. The van der Waals surface area contributed by atoms with Crippen LogP contribution in [-0.4, -0.2) is 33.2 Å². The number of para-hydroxylation sites is 1. The molecule has 0 saturated heterocycles. The Balaban J connectivity index is 1.29. The maximum absolute atomic E-state index is 13.2. The van der Waals surface area contributed by atoms with Crippen molar-refractivity contribution < 1.29 is 9.32 Å². The zero-order chi connectivity index (χ0) is 23.7. The molecule has 1 atom stereocenters. The van der Waals surface area contributed by atoms with Crippen LogP contribution in [0.4, 0.5) is 5.13 Å². The molecule has 0 fully saturated rings. The van der Waals surface area contributed by atoms with Crippen LogP contribution in [0.15, 0.2) is 41.2 Å². The Kier molecular flexibility index (Phi) is 6.41. The summed E-state index contributed by atoms with van der Waals surface area (Å²) in [6, 6.07) is 8.54. The van der Waals surface area contributed by atoms with E-state index in [0.717, 1.165) is 67.3 Å². The Hall–Kier alpha value is -3.13. The standard InChI is InChI=1S/C26H31N5O2S/c1-4-5-8-19(13-18-15-30(3)22-10-7-6-9-20(18)22)28-25(32)24-14-27-26(34-24)31-12-11-23-21(16-31)17(2)29-33-23/h6-7,9-10,14-15,19H,4-5,8,11-13,16H2,1-3H3,(H,28,32). The molecule has 178 valence electrons. The molecule has 0 bridgehead atoms. The van der Waals surface area contributed by atoms with Crippen LogP contribution in [0.1, 0.15) is 58.4 Å². The summed E-state index contributed by atoms with van der Waals surface area (Å²) in [5, 5.41) is 9.52. The fourth-order valence-corrected chi connectivity index (χ4v) is 5.65. The molecular formula is C26H31N5O2S. The molecule has 4 aromatic rings. The summed E-state index contributed by atoms with van der Waals surface area (Å²) >= 11 is 1.46. The Labute approximate surface area is 203 Å². The molecule has 0 spiro atoms. The number of amides is 1. The number of anilines is 1. The van der Waals surface area contributed by atoms with Gasteiger partial charge in [-0.25, -0.2) is 4.98 Å². The van der Waals surface area contributed by atoms with Gasteiger partial charge < -0.3 is 19.3 Å². The molecule has 0 radical (unpaired) electrons. The first kappa shape index (κ1) is 22.7. The van der Waals surface area contributed by atoms with E-state index in [1.54, 1.807) is 6.20 Å². The minimum atomic E-state index is -0.0380. The van der Waals surface area contributed by atoms with Crippen LogP contribution in [0.5, 0.6) is 0 Å². The maximum Gasteiger partial charge on any atom is 0.263 e. The smallest absolute Gasteiger partial charge is 0.263 e. The third-order valence-corrected chi connectivity index (χ3v) is 7.76. The molecule has 1 aliphatic heterocycles. The number of hydrogen-bond donors (Lipinski definition) is 1. The Morgan fingerprint density at radius 1 is 1.32 bits per heavy atom. The number of nitrogens with zero attached hydrogens (tertiary/aromatic N) is 4. The Morgan fingerprint density at radius 2 is 2.18 bits per heavy atom. The average Bonchev–Trinajstić information content (AvgIpc) is 3.56. The van der Waals surface area contributed by atoms with Gasteiger partial charge in [-0.15, -0.1) is 0 Å². The third kappa shape index (κ3) is 4.46. The Bertz CT molecular complexity index is 1300. The molecule has 1 aliphatic rings. The lowest BCUT2D eigenvalue weighted by atomic mass is 10.0. The van der Waals surface area contributed by atoms with Crippen molar-refractivity contribution in [2.75, 3.05) is 11.4 Å². The van der Waals surface area contributed by atoms with E-state index in [1.807, 2.05) is 6.92 Å². The van der Waals surface area contributed by atoms with Gasteiger partial charge >= 0.3 is 0 Å². The first-order valence-corrected chi connectivity index (χ1v) is 12.8. The van der Waals surface area contributed by atoms with Crippen molar-refractivity contribution in [3.05, 3.63) is 64.1 Å². The van der Waals surface area contributed by atoms with Gasteiger partial charge in [-0.2, -0.15) is 0 Å². The van der Waals surface area contributed by atoms with Crippen molar-refractivity contribution >= 4 is 33.3 Å². The number of aromatic nitrogens is 3. The van der Waals surface area contributed by atoms with Crippen molar-refractivity contribution in [1.29, 1.82) is 0 Å². The highest BCUT2D eigenvalue weighted by molar-refractivity contribution is 7.17. The van der Waals surface area contributed by atoms with Crippen LogP contribution in [0.3, 0.4) is 0 Å². The lowest BCUT2D eigenvalue weighted by Crippen LogP contribution is -2.36. The normalized spacial score (nSPS) is 14.4. The summed E-state index contributed by atoms with van der Waals surface area (Å²) < 4.78 is 7.57. The van der Waals surface area contributed by atoms with Gasteiger partial charge in [-0.1, -0.05) is 54.5 Å². The van der Waals surface area contributed by atoms with Gasteiger partial charge in [-0.3, -0.25) is 4.79 Å². The van der Waals surface area contributed by atoms with E-state index < -0.39 is 0 Å². The number of carbonyl (C=O) groups excluding carboxylic acids is 1. The van der Waals surface area contributed by atoms with E-state index in [0.29, 0.717) is 4.88 Å². The summed E-state index contributed by atoms with van der Waals surface area (Å²) in [5.41, 5.74) is 4.57. The largest absolute Gasteiger partial charge is 0.361 e. The molecule has 1 unspecified atom stereocenters. The first-order chi connectivity index (χ1) is 16.5. The second-order valence-electron chi connectivity index (χ2n) is 9.15. The van der Waals surface area contributed by atoms with Crippen LogP contribution >= 0.6 is 11.3 Å². The quantitative estimate of drug-likeness (QED) is 0.385. The highest BCUT2D eigenvalue weighted by atomic mass is 32.1. The topological polar surface area (TPSA) is 76.2 Å².